The molecule has 1 aliphatic rings. The maximum Gasteiger partial charge on any atom is 0.337 e. The maximum absolute atomic E-state index is 12.4. The van der Waals surface area contributed by atoms with Crippen LogP contribution in [0.15, 0.2) is 48.5 Å². The van der Waals surface area contributed by atoms with Crippen molar-refractivity contribution in [2.24, 2.45) is 0 Å². The summed E-state index contributed by atoms with van der Waals surface area (Å²) in [6, 6.07) is 15.2. The number of carbonyl (C=O) groups excluding carboxylic acids is 2. The van der Waals surface area contributed by atoms with Gasteiger partial charge in [0, 0.05) is 31.2 Å². The fraction of sp³-hybridized carbons (Fsp3) is 0.364. The Morgan fingerprint density at radius 2 is 1.67 bits per heavy atom. The van der Waals surface area contributed by atoms with Gasteiger partial charge in [0.05, 0.1) is 12.7 Å². The topological polar surface area (TPSA) is 58.6 Å². The second kappa shape index (κ2) is 8.82. The van der Waals surface area contributed by atoms with Crippen LogP contribution in [0.5, 0.6) is 0 Å². The first-order chi connectivity index (χ1) is 13.1. The number of esters is 1. The van der Waals surface area contributed by atoms with E-state index >= 15 is 0 Å². The third kappa shape index (κ3) is 4.95. The van der Waals surface area contributed by atoms with E-state index in [9.17, 15) is 9.59 Å². The third-order valence-corrected chi connectivity index (χ3v) is 5.15. The Kier molecular flexibility index (Phi) is 6.24. The van der Waals surface area contributed by atoms with Crippen LogP contribution >= 0.6 is 0 Å². The number of hydrogen-bond donors (Lipinski definition) is 1. The molecule has 1 aliphatic heterocycles. The summed E-state index contributed by atoms with van der Waals surface area (Å²) < 4.78 is 4.67. The molecule has 0 unspecified atom stereocenters. The van der Waals surface area contributed by atoms with E-state index in [0.29, 0.717) is 11.1 Å². The van der Waals surface area contributed by atoms with E-state index in [0.717, 1.165) is 32.5 Å². The lowest BCUT2D eigenvalue weighted by molar-refractivity contribution is 0.0600. The van der Waals surface area contributed by atoms with Crippen LogP contribution in [-0.4, -0.2) is 43.0 Å². The van der Waals surface area contributed by atoms with E-state index in [1.807, 2.05) is 0 Å². The summed E-state index contributed by atoms with van der Waals surface area (Å²) in [5.41, 5.74) is 3.69. The van der Waals surface area contributed by atoms with Gasteiger partial charge in [0.2, 0.25) is 0 Å². The Morgan fingerprint density at radius 1 is 1.04 bits per heavy atom. The number of methoxy groups -OCH3 is 1. The van der Waals surface area contributed by atoms with Crippen LogP contribution in [0, 0.1) is 6.92 Å². The van der Waals surface area contributed by atoms with Crippen molar-refractivity contribution >= 4 is 11.9 Å². The standard InChI is InChI=1S/C22H26N2O3/c1-16-5-3-4-6-19(16)15-24-13-11-20(12-14-24)23-21(25)17-7-9-18(10-8-17)22(26)27-2/h3-10,20H,11-15H2,1-2H3,(H,23,25). The maximum atomic E-state index is 12.4. The number of carbonyl (C=O) groups is 2. The van der Waals surface area contributed by atoms with Crippen molar-refractivity contribution in [1.82, 2.24) is 10.2 Å². The van der Waals surface area contributed by atoms with Gasteiger partial charge in [-0.1, -0.05) is 24.3 Å². The van der Waals surface area contributed by atoms with Crippen molar-refractivity contribution in [3.63, 3.8) is 0 Å². The predicted octanol–water partition coefficient (Wildman–Crippen LogP) is 3.18. The molecule has 5 heteroatoms. The summed E-state index contributed by atoms with van der Waals surface area (Å²) in [5, 5.41) is 3.11. The highest BCUT2D eigenvalue weighted by Crippen LogP contribution is 2.16. The van der Waals surface area contributed by atoms with E-state index in [4.69, 9.17) is 0 Å². The van der Waals surface area contributed by atoms with Gasteiger partial charge in [0.1, 0.15) is 0 Å². The number of hydrogen-bond acceptors (Lipinski definition) is 4. The van der Waals surface area contributed by atoms with Gasteiger partial charge < -0.3 is 10.1 Å². The lowest BCUT2D eigenvalue weighted by atomic mass is 10.0. The van der Waals surface area contributed by atoms with Crippen molar-refractivity contribution in [2.45, 2.75) is 32.4 Å². The molecule has 0 aliphatic carbocycles. The average Bonchev–Trinajstić information content (AvgIpc) is 2.70. The first kappa shape index (κ1) is 19.1. The monoisotopic (exact) mass is 366 g/mol. The first-order valence-corrected chi connectivity index (χ1v) is 9.33. The number of piperidine rings is 1. The summed E-state index contributed by atoms with van der Waals surface area (Å²) in [4.78, 5) is 26.3. The van der Waals surface area contributed by atoms with Gasteiger partial charge in [-0.3, -0.25) is 9.69 Å². The van der Waals surface area contributed by atoms with E-state index in [1.165, 1.54) is 18.2 Å². The SMILES string of the molecule is COC(=O)c1ccc(C(=O)NC2CCN(Cc3ccccc3C)CC2)cc1. The molecule has 2 aromatic rings. The summed E-state index contributed by atoms with van der Waals surface area (Å²) in [5.74, 6) is -0.494. The Labute approximate surface area is 160 Å². The predicted molar refractivity (Wildman–Crippen MR) is 105 cm³/mol. The summed E-state index contributed by atoms with van der Waals surface area (Å²) in [6.45, 7) is 5.05. The van der Waals surface area contributed by atoms with E-state index in [2.05, 4.69) is 46.1 Å². The zero-order chi connectivity index (χ0) is 19.2. The fourth-order valence-electron chi connectivity index (χ4n) is 3.41. The Hall–Kier alpha value is -2.66. The van der Waals surface area contributed by atoms with E-state index in [1.54, 1.807) is 24.3 Å². The minimum absolute atomic E-state index is 0.0937. The number of amides is 1. The molecule has 2 aromatic carbocycles. The van der Waals surface area contributed by atoms with Crippen molar-refractivity contribution in [1.29, 1.82) is 0 Å². The van der Waals surface area contributed by atoms with Gasteiger partial charge in [0.15, 0.2) is 0 Å². The number of aryl methyl sites for hydroxylation is 1. The highest BCUT2D eigenvalue weighted by atomic mass is 16.5. The average molecular weight is 366 g/mol. The van der Waals surface area contributed by atoms with Crippen LogP contribution in [0.2, 0.25) is 0 Å². The van der Waals surface area contributed by atoms with Gasteiger partial charge in [-0.2, -0.15) is 0 Å². The third-order valence-electron chi connectivity index (χ3n) is 5.15. The molecular weight excluding hydrogens is 340 g/mol. The molecule has 1 amide bonds. The molecule has 0 radical (unpaired) electrons. The second-order valence-electron chi connectivity index (χ2n) is 7.02. The zero-order valence-electron chi connectivity index (χ0n) is 15.9. The van der Waals surface area contributed by atoms with Crippen LogP contribution in [-0.2, 0) is 11.3 Å². The molecule has 0 atom stereocenters. The van der Waals surface area contributed by atoms with Crippen LogP contribution in [0.1, 0.15) is 44.7 Å². The number of benzene rings is 2. The fourth-order valence-corrected chi connectivity index (χ4v) is 3.41. The lowest BCUT2D eigenvalue weighted by Gasteiger charge is -2.32. The van der Waals surface area contributed by atoms with Crippen molar-refractivity contribution in [3.05, 3.63) is 70.8 Å². The van der Waals surface area contributed by atoms with E-state index < -0.39 is 5.97 Å². The summed E-state index contributed by atoms with van der Waals surface area (Å²) in [6.07, 6.45) is 1.88. The normalized spacial score (nSPS) is 15.3. The smallest absolute Gasteiger partial charge is 0.337 e. The van der Waals surface area contributed by atoms with Crippen LogP contribution in [0.25, 0.3) is 0 Å². The Morgan fingerprint density at radius 3 is 2.30 bits per heavy atom. The molecule has 3 rings (SSSR count). The van der Waals surface area contributed by atoms with Gasteiger partial charge >= 0.3 is 5.97 Å². The second-order valence-corrected chi connectivity index (χ2v) is 7.02. The molecule has 1 saturated heterocycles. The van der Waals surface area contributed by atoms with Crippen molar-refractivity contribution in [3.8, 4) is 0 Å². The minimum atomic E-state index is -0.400. The quantitative estimate of drug-likeness (QED) is 0.826. The summed E-state index contributed by atoms with van der Waals surface area (Å²) >= 11 is 0. The molecule has 5 nitrogen and oxygen atoms in total. The van der Waals surface area contributed by atoms with Crippen molar-refractivity contribution < 1.29 is 14.3 Å². The number of likely N-dealkylation sites (tertiary alicyclic amines) is 1. The number of ether oxygens (including phenoxy) is 1. The minimum Gasteiger partial charge on any atom is -0.465 e. The number of rotatable bonds is 5. The molecule has 0 spiro atoms. The lowest BCUT2D eigenvalue weighted by Crippen LogP contribution is -2.44. The summed E-state index contributed by atoms with van der Waals surface area (Å²) in [7, 11) is 1.34. The molecule has 1 N–H and O–H groups in total. The van der Waals surface area contributed by atoms with Crippen LogP contribution in [0.4, 0.5) is 0 Å². The highest BCUT2D eigenvalue weighted by Gasteiger charge is 2.21. The largest absolute Gasteiger partial charge is 0.465 e. The van der Waals surface area contributed by atoms with E-state index in [-0.39, 0.29) is 11.9 Å². The van der Waals surface area contributed by atoms with Gasteiger partial charge in [-0.15, -0.1) is 0 Å². The van der Waals surface area contributed by atoms with Crippen LogP contribution in [0.3, 0.4) is 0 Å². The molecule has 1 heterocycles. The molecular formula is C22H26N2O3. The molecule has 0 aromatic heterocycles. The van der Waals surface area contributed by atoms with Gasteiger partial charge in [-0.05, 0) is 55.2 Å². The Balaban J connectivity index is 1.49. The molecule has 0 bridgehead atoms. The molecule has 27 heavy (non-hydrogen) atoms. The molecule has 1 fully saturated rings. The highest BCUT2D eigenvalue weighted by molar-refractivity contribution is 5.96. The zero-order valence-corrected chi connectivity index (χ0v) is 15.9. The van der Waals surface area contributed by atoms with Gasteiger partial charge in [0.25, 0.3) is 5.91 Å². The van der Waals surface area contributed by atoms with Crippen LogP contribution < -0.4 is 5.32 Å². The first-order valence-electron chi connectivity index (χ1n) is 9.33. The Bertz CT molecular complexity index is 793. The van der Waals surface area contributed by atoms with Crippen molar-refractivity contribution in [2.75, 3.05) is 20.2 Å². The number of nitrogens with zero attached hydrogens (tertiary/aromatic N) is 1. The molecule has 142 valence electrons. The molecule has 0 saturated carbocycles. The number of nitrogens with one attached hydrogen (secondary N) is 1. The van der Waals surface area contributed by atoms with Gasteiger partial charge in [-0.25, -0.2) is 4.79 Å².